The smallest absolute Gasteiger partial charge is 0.266 e. The molecule has 2 rings (SSSR count). The summed E-state index contributed by atoms with van der Waals surface area (Å²) in [6, 6.07) is 13.2. The fourth-order valence-corrected chi connectivity index (χ4v) is 4.98. The SMILES string of the molecule is Cc1ccccc1S(=O)(=O)OCC(C)C(C)COS(=O)(=O)c1ccccc1C. The second kappa shape index (κ2) is 9.17. The first-order chi connectivity index (χ1) is 13.0. The highest BCUT2D eigenvalue weighted by Gasteiger charge is 2.24. The summed E-state index contributed by atoms with van der Waals surface area (Å²) in [5, 5.41) is 0. The van der Waals surface area contributed by atoms with Gasteiger partial charge in [-0.05, 0) is 48.9 Å². The minimum absolute atomic E-state index is 0.0639. The zero-order valence-corrected chi connectivity index (χ0v) is 18.1. The average Bonchev–Trinajstić information content (AvgIpc) is 2.64. The molecule has 2 aromatic carbocycles. The van der Waals surface area contributed by atoms with Crippen molar-refractivity contribution in [3.05, 3.63) is 59.7 Å². The van der Waals surface area contributed by atoms with Gasteiger partial charge in [0.15, 0.2) is 0 Å². The molecule has 0 radical (unpaired) electrons. The average molecular weight is 427 g/mol. The van der Waals surface area contributed by atoms with Gasteiger partial charge in [-0.1, -0.05) is 50.2 Å². The van der Waals surface area contributed by atoms with Gasteiger partial charge in [-0.25, -0.2) is 0 Å². The van der Waals surface area contributed by atoms with Crippen LogP contribution in [0.5, 0.6) is 0 Å². The Balaban J connectivity index is 1.95. The molecule has 2 atom stereocenters. The lowest BCUT2D eigenvalue weighted by molar-refractivity contribution is 0.169. The van der Waals surface area contributed by atoms with Gasteiger partial charge in [0.05, 0.1) is 23.0 Å². The molecule has 0 aliphatic rings. The summed E-state index contributed by atoms with van der Waals surface area (Å²) in [6.07, 6.45) is 0. The van der Waals surface area contributed by atoms with Crippen LogP contribution < -0.4 is 0 Å². The second-order valence-corrected chi connectivity index (χ2v) is 10.1. The van der Waals surface area contributed by atoms with Crippen molar-refractivity contribution < 1.29 is 25.2 Å². The Hall–Kier alpha value is -1.74. The minimum atomic E-state index is -3.87. The molecule has 0 heterocycles. The number of hydrogen-bond acceptors (Lipinski definition) is 6. The van der Waals surface area contributed by atoms with E-state index in [-0.39, 0.29) is 34.8 Å². The van der Waals surface area contributed by atoms with Crippen LogP contribution in [0, 0.1) is 25.7 Å². The number of benzene rings is 2. The number of aryl methyl sites for hydroxylation is 2. The molecule has 2 aromatic rings. The van der Waals surface area contributed by atoms with E-state index < -0.39 is 20.2 Å². The van der Waals surface area contributed by atoms with E-state index in [2.05, 4.69) is 0 Å². The van der Waals surface area contributed by atoms with Gasteiger partial charge in [0.25, 0.3) is 20.2 Å². The molecule has 28 heavy (non-hydrogen) atoms. The third kappa shape index (κ3) is 5.64. The van der Waals surface area contributed by atoms with Crippen LogP contribution in [0.1, 0.15) is 25.0 Å². The predicted molar refractivity (Wildman–Crippen MR) is 107 cm³/mol. The van der Waals surface area contributed by atoms with Crippen molar-refractivity contribution in [2.45, 2.75) is 37.5 Å². The van der Waals surface area contributed by atoms with Crippen LogP contribution in [0.4, 0.5) is 0 Å². The molecule has 6 nitrogen and oxygen atoms in total. The van der Waals surface area contributed by atoms with Crippen molar-refractivity contribution in [2.75, 3.05) is 13.2 Å². The molecular weight excluding hydrogens is 400 g/mol. The Morgan fingerprint density at radius 2 is 1.00 bits per heavy atom. The van der Waals surface area contributed by atoms with Gasteiger partial charge >= 0.3 is 0 Å². The van der Waals surface area contributed by atoms with Crippen molar-refractivity contribution in [3.63, 3.8) is 0 Å². The summed E-state index contributed by atoms with van der Waals surface area (Å²) >= 11 is 0. The first-order valence-corrected chi connectivity index (χ1v) is 11.8. The summed E-state index contributed by atoms with van der Waals surface area (Å²) in [5.41, 5.74) is 1.21. The number of hydrogen-bond donors (Lipinski definition) is 0. The van der Waals surface area contributed by atoms with E-state index in [4.69, 9.17) is 8.37 Å². The van der Waals surface area contributed by atoms with Gasteiger partial charge < -0.3 is 0 Å². The van der Waals surface area contributed by atoms with E-state index in [0.717, 1.165) is 0 Å². The third-order valence-electron chi connectivity index (χ3n) is 4.67. The maximum Gasteiger partial charge on any atom is 0.297 e. The molecule has 2 unspecified atom stereocenters. The molecule has 0 saturated carbocycles. The standard InChI is InChI=1S/C20H26O6S2/c1-15-9-5-7-11-19(15)27(21,22)25-13-17(3)18(4)14-26-28(23,24)20-12-8-6-10-16(20)2/h5-12,17-18H,13-14H2,1-4H3. The first-order valence-electron chi connectivity index (χ1n) is 8.94. The van der Waals surface area contributed by atoms with Crippen LogP contribution in [-0.4, -0.2) is 30.0 Å². The lowest BCUT2D eigenvalue weighted by Gasteiger charge is -2.20. The lowest BCUT2D eigenvalue weighted by Crippen LogP contribution is -2.23. The molecule has 0 spiro atoms. The summed E-state index contributed by atoms with van der Waals surface area (Å²) < 4.78 is 59.8. The predicted octanol–water partition coefficient (Wildman–Crippen LogP) is 3.69. The largest absolute Gasteiger partial charge is 0.297 e. The summed E-state index contributed by atoms with van der Waals surface area (Å²) in [4.78, 5) is 0.265. The van der Waals surface area contributed by atoms with Crippen LogP contribution in [0.15, 0.2) is 58.3 Å². The first kappa shape index (κ1) is 22.5. The fourth-order valence-electron chi connectivity index (χ4n) is 2.52. The van der Waals surface area contributed by atoms with Crippen LogP contribution >= 0.6 is 0 Å². The van der Waals surface area contributed by atoms with E-state index in [1.165, 1.54) is 12.1 Å². The normalized spacial score (nSPS) is 14.6. The monoisotopic (exact) mass is 426 g/mol. The topological polar surface area (TPSA) is 86.7 Å². The van der Waals surface area contributed by atoms with Crippen molar-refractivity contribution in [2.24, 2.45) is 11.8 Å². The molecule has 0 fully saturated rings. The fraction of sp³-hybridized carbons (Fsp3) is 0.400. The quantitative estimate of drug-likeness (QED) is 0.569. The van der Waals surface area contributed by atoms with Gasteiger partial charge in [0.2, 0.25) is 0 Å². The minimum Gasteiger partial charge on any atom is -0.266 e. The molecule has 0 N–H and O–H groups in total. The molecule has 8 heteroatoms. The summed E-state index contributed by atoms with van der Waals surface area (Å²) in [6.45, 7) is 6.86. The van der Waals surface area contributed by atoms with Crippen LogP contribution in [0.25, 0.3) is 0 Å². The van der Waals surface area contributed by atoms with Crippen molar-refractivity contribution >= 4 is 20.2 Å². The van der Waals surface area contributed by atoms with Crippen molar-refractivity contribution in [3.8, 4) is 0 Å². The lowest BCUT2D eigenvalue weighted by atomic mass is 9.98. The van der Waals surface area contributed by atoms with Gasteiger partial charge in [0.1, 0.15) is 0 Å². The molecule has 0 saturated heterocycles. The van der Waals surface area contributed by atoms with Gasteiger partial charge in [-0.3, -0.25) is 8.37 Å². The Labute approximate surface area is 167 Å². The second-order valence-electron chi connectivity index (χ2n) is 6.96. The van der Waals surface area contributed by atoms with Gasteiger partial charge in [0, 0.05) is 0 Å². The Morgan fingerprint density at radius 3 is 1.32 bits per heavy atom. The Morgan fingerprint density at radius 1 is 0.679 bits per heavy atom. The van der Waals surface area contributed by atoms with Gasteiger partial charge in [-0.2, -0.15) is 16.8 Å². The van der Waals surface area contributed by atoms with E-state index in [9.17, 15) is 16.8 Å². The van der Waals surface area contributed by atoms with E-state index >= 15 is 0 Å². The highest BCUT2D eigenvalue weighted by molar-refractivity contribution is 7.87. The van der Waals surface area contributed by atoms with Crippen molar-refractivity contribution in [1.82, 2.24) is 0 Å². The Kier molecular flexibility index (Phi) is 7.39. The van der Waals surface area contributed by atoms with E-state index in [1.54, 1.807) is 64.1 Å². The molecule has 154 valence electrons. The highest BCUT2D eigenvalue weighted by atomic mass is 32.2. The van der Waals surface area contributed by atoms with Crippen molar-refractivity contribution in [1.29, 1.82) is 0 Å². The molecule has 0 amide bonds. The maximum absolute atomic E-state index is 12.4. The highest BCUT2D eigenvalue weighted by Crippen LogP contribution is 2.22. The molecule has 0 aliphatic carbocycles. The molecular formula is C20H26O6S2. The van der Waals surface area contributed by atoms with E-state index in [1.807, 2.05) is 0 Å². The van der Waals surface area contributed by atoms with E-state index in [0.29, 0.717) is 11.1 Å². The Bertz CT molecular complexity index is 929. The molecule has 0 bridgehead atoms. The zero-order valence-electron chi connectivity index (χ0n) is 16.5. The summed E-state index contributed by atoms with van der Waals surface area (Å²) in [5.74, 6) is -0.461. The maximum atomic E-state index is 12.4. The van der Waals surface area contributed by atoms with Gasteiger partial charge in [-0.15, -0.1) is 0 Å². The van der Waals surface area contributed by atoms with Crippen LogP contribution in [0.2, 0.25) is 0 Å². The molecule has 0 aliphatic heterocycles. The zero-order chi connectivity index (χ0) is 20.9. The van der Waals surface area contributed by atoms with Crippen LogP contribution in [-0.2, 0) is 28.6 Å². The molecule has 0 aromatic heterocycles. The third-order valence-corrected chi connectivity index (χ3v) is 7.56. The number of rotatable bonds is 9. The summed E-state index contributed by atoms with van der Waals surface area (Å²) in [7, 11) is -7.74. The van der Waals surface area contributed by atoms with Crippen LogP contribution in [0.3, 0.4) is 0 Å².